The molecule has 3 aromatic rings. The molecule has 2 aromatic carbocycles. The molecule has 19 heavy (non-hydrogen) atoms. The molecule has 96 valence electrons. The van der Waals surface area contributed by atoms with Gasteiger partial charge in [-0.25, -0.2) is 0 Å². The quantitative estimate of drug-likeness (QED) is 0.657. The van der Waals surface area contributed by atoms with Crippen molar-refractivity contribution in [2.45, 2.75) is 6.54 Å². The van der Waals surface area contributed by atoms with Gasteiger partial charge in [0.05, 0.1) is 17.6 Å². The van der Waals surface area contributed by atoms with Gasteiger partial charge < -0.3 is 9.55 Å². The van der Waals surface area contributed by atoms with E-state index in [0.29, 0.717) is 21.4 Å². The van der Waals surface area contributed by atoms with E-state index in [1.54, 1.807) is 6.07 Å². The number of para-hydroxylation sites is 2. The Bertz CT molecular complexity index is 805. The van der Waals surface area contributed by atoms with Crippen LogP contribution in [0.4, 0.5) is 0 Å². The lowest BCUT2D eigenvalue weighted by Gasteiger charge is -2.07. The number of imidazole rings is 1. The zero-order valence-corrected chi connectivity index (χ0v) is 12.2. The number of rotatable bonds is 2. The summed E-state index contributed by atoms with van der Waals surface area (Å²) in [6.07, 6.45) is 0. The Balaban J connectivity index is 2.10. The van der Waals surface area contributed by atoms with Crippen LogP contribution < -0.4 is 0 Å². The van der Waals surface area contributed by atoms with Crippen molar-refractivity contribution in [2.75, 3.05) is 0 Å². The normalized spacial score (nSPS) is 11.1. The summed E-state index contributed by atoms with van der Waals surface area (Å²) in [5.74, 6) is 0. The average molecular weight is 309 g/mol. The minimum Gasteiger partial charge on any atom is -0.331 e. The number of aromatic nitrogens is 2. The van der Waals surface area contributed by atoms with Gasteiger partial charge in [0.1, 0.15) is 0 Å². The highest BCUT2D eigenvalue weighted by atomic mass is 35.5. The largest absolute Gasteiger partial charge is 0.331 e. The zero-order chi connectivity index (χ0) is 13.4. The maximum atomic E-state index is 6.21. The first kappa shape index (κ1) is 12.7. The van der Waals surface area contributed by atoms with Crippen LogP contribution in [0, 0.1) is 4.77 Å². The molecule has 0 atom stereocenters. The third kappa shape index (κ3) is 2.41. The van der Waals surface area contributed by atoms with Crippen LogP contribution in [-0.2, 0) is 6.54 Å². The van der Waals surface area contributed by atoms with E-state index in [0.717, 1.165) is 16.6 Å². The van der Waals surface area contributed by atoms with Crippen LogP contribution >= 0.6 is 35.4 Å². The van der Waals surface area contributed by atoms with E-state index >= 15 is 0 Å². The Hall–Kier alpha value is -1.29. The first-order chi connectivity index (χ1) is 9.15. The van der Waals surface area contributed by atoms with Gasteiger partial charge in [-0.2, -0.15) is 0 Å². The second kappa shape index (κ2) is 5.00. The van der Waals surface area contributed by atoms with Crippen LogP contribution in [0.5, 0.6) is 0 Å². The molecule has 3 rings (SSSR count). The Morgan fingerprint density at radius 2 is 1.89 bits per heavy atom. The zero-order valence-electron chi connectivity index (χ0n) is 9.86. The molecule has 0 aliphatic carbocycles. The van der Waals surface area contributed by atoms with Gasteiger partial charge in [-0.3, -0.25) is 0 Å². The van der Waals surface area contributed by atoms with Crippen LogP contribution in [0.25, 0.3) is 11.0 Å². The predicted molar refractivity (Wildman–Crippen MR) is 82.7 cm³/mol. The maximum Gasteiger partial charge on any atom is 0.178 e. The molecule has 0 unspecified atom stereocenters. The molecule has 1 aromatic heterocycles. The summed E-state index contributed by atoms with van der Waals surface area (Å²) < 4.78 is 2.71. The van der Waals surface area contributed by atoms with Crippen LogP contribution in [0.15, 0.2) is 42.5 Å². The van der Waals surface area contributed by atoms with Gasteiger partial charge in [0.2, 0.25) is 0 Å². The molecule has 0 amide bonds. The summed E-state index contributed by atoms with van der Waals surface area (Å²) >= 11 is 17.5. The third-order valence-electron chi connectivity index (χ3n) is 3.03. The molecule has 5 heteroatoms. The average Bonchev–Trinajstić information content (AvgIpc) is 2.69. The van der Waals surface area contributed by atoms with E-state index in [-0.39, 0.29) is 0 Å². The number of halogens is 2. The maximum absolute atomic E-state index is 6.21. The summed E-state index contributed by atoms with van der Waals surface area (Å²) in [5.41, 5.74) is 3.09. The standard InChI is InChI=1S/C14H10Cl2N2S/c15-10-6-5-9(11(16)7-10)8-18-13-4-2-1-3-12(13)17-14(18)19/h1-7H,8H2,(H,17,19). The van der Waals surface area contributed by atoms with Crippen molar-refractivity contribution in [3.63, 3.8) is 0 Å². The SMILES string of the molecule is S=c1[nH]c2ccccc2n1Cc1ccc(Cl)cc1Cl. The third-order valence-corrected chi connectivity index (χ3v) is 3.93. The lowest BCUT2D eigenvalue weighted by molar-refractivity contribution is 0.811. The van der Waals surface area contributed by atoms with Gasteiger partial charge in [-0.1, -0.05) is 41.4 Å². The van der Waals surface area contributed by atoms with Gasteiger partial charge in [-0.15, -0.1) is 0 Å². The van der Waals surface area contributed by atoms with Crippen LogP contribution in [0.2, 0.25) is 10.0 Å². The number of nitrogens with zero attached hydrogens (tertiary/aromatic N) is 1. The monoisotopic (exact) mass is 308 g/mol. The number of hydrogen-bond donors (Lipinski definition) is 1. The molecule has 0 bridgehead atoms. The summed E-state index contributed by atoms with van der Waals surface area (Å²) in [6.45, 7) is 0.624. The van der Waals surface area contributed by atoms with E-state index in [4.69, 9.17) is 35.4 Å². The molecule has 1 heterocycles. The minimum atomic E-state index is 0.624. The van der Waals surface area contributed by atoms with Crippen molar-refractivity contribution in [2.24, 2.45) is 0 Å². The van der Waals surface area contributed by atoms with Gasteiger partial charge in [-0.05, 0) is 42.0 Å². The smallest absolute Gasteiger partial charge is 0.178 e. The number of H-pyrrole nitrogens is 1. The van der Waals surface area contributed by atoms with Gasteiger partial charge in [0, 0.05) is 10.0 Å². The fourth-order valence-electron chi connectivity index (χ4n) is 2.08. The molecule has 0 spiro atoms. The van der Waals surface area contributed by atoms with Crippen molar-refractivity contribution < 1.29 is 0 Å². The van der Waals surface area contributed by atoms with Crippen LogP contribution in [0.3, 0.4) is 0 Å². The highest BCUT2D eigenvalue weighted by Gasteiger charge is 2.07. The van der Waals surface area contributed by atoms with Crippen molar-refractivity contribution in [3.8, 4) is 0 Å². The number of benzene rings is 2. The molecule has 0 aliphatic heterocycles. The molecule has 0 radical (unpaired) electrons. The Morgan fingerprint density at radius 3 is 2.68 bits per heavy atom. The van der Waals surface area contributed by atoms with Gasteiger partial charge in [0.15, 0.2) is 4.77 Å². The highest BCUT2D eigenvalue weighted by molar-refractivity contribution is 7.71. The fraction of sp³-hybridized carbons (Fsp3) is 0.0714. The minimum absolute atomic E-state index is 0.624. The van der Waals surface area contributed by atoms with Crippen molar-refractivity contribution in [1.82, 2.24) is 9.55 Å². The van der Waals surface area contributed by atoms with E-state index in [9.17, 15) is 0 Å². The molecular weight excluding hydrogens is 299 g/mol. The number of fused-ring (bicyclic) bond motifs is 1. The topological polar surface area (TPSA) is 20.7 Å². The number of nitrogens with one attached hydrogen (secondary N) is 1. The summed E-state index contributed by atoms with van der Waals surface area (Å²) in [4.78, 5) is 3.19. The van der Waals surface area contributed by atoms with Gasteiger partial charge >= 0.3 is 0 Å². The van der Waals surface area contributed by atoms with Gasteiger partial charge in [0.25, 0.3) is 0 Å². The predicted octanol–water partition coefficient (Wildman–Crippen LogP) is 5.05. The molecule has 0 aliphatic rings. The first-order valence-corrected chi connectivity index (χ1v) is 6.93. The highest BCUT2D eigenvalue weighted by Crippen LogP contribution is 2.23. The van der Waals surface area contributed by atoms with Crippen molar-refractivity contribution >= 4 is 46.5 Å². The van der Waals surface area contributed by atoms with Crippen molar-refractivity contribution in [3.05, 3.63) is 62.8 Å². The molecule has 1 N–H and O–H groups in total. The summed E-state index contributed by atoms with van der Waals surface area (Å²) in [6, 6.07) is 13.5. The molecule has 0 saturated carbocycles. The Labute approximate surface area is 125 Å². The molecule has 0 fully saturated rings. The van der Waals surface area contributed by atoms with Crippen LogP contribution in [0.1, 0.15) is 5.56 Å². The lowest BCUT2D eigenvalue weighted by atomic mass is 10.2. The van der Waals surface area contributed by atoms with Crippen molar-refractivity contribution in [1.29, 1.82) is 0 Å². The second-order valence-corrected chi connectivity index (χ2v) is 5.50. The van der Waals surface area contributed by atoms with E-state index in [1.807, 2.05) is 41.0 Å². The van der Waals surface area contributed by atoms with E-state index in [1.165, 1.54) is 0 Å². The fourth-order valence-corrected chi connectivity index (χ4v) is 2.83. The first-order valence-electron chi connectivity index (χ1n) is 5.76. The Morgan fingerprint density at radius 1 is 1.11 bits per heavy atom. The Kier molecular flexibility index (Phi) is 3.35. The van der Waals surface area contributed by atoms with Crippen LogP contribution in [-0.4, -0.2) is 9.55 Å². The summed E-state index contributed by atoms with van der Waals surface area (Å²) in [7, 11) is 0. The molecule has 2 nitrogen and oxygen atoms in total. The lowest BCUT2D eigenvalue weighted by Crippen LogP contribution is -2.00. The molecular formula is C14H10Cl2N2S. The summed E-state index contributed by atoms with van der Waals surface area (Å²) in [5, 5.41) is 1.29. The number of hydrogen-bond acceptors (Lipinski definition) is 1. The van der Waals surface area contributed by atoms with E-state index < -0.39 is 0 Å². The second-order valence-electron chi connectivity index (χ2n) is 4.27. The van der Waals surface area contributed by atoms with E-state index in [2.05, 4.69) is 4.98 Å². The number of aromatic amines is 1. The molecule has 0 saturated heterocycles.